The standard InChI is InChI=1S/C19H25ClO6/c1-11-15(23-9-12-5-7-13(22-4)8-6-12)17-14(25-16(11)18(20)21)10-24-19(2,3)26-17/h5-8,11,14-17H,9-10H2,1-4H3/t11-,14-,15-,16-,17-/m1/s1. The van der Waals surface area contributed by atoms with Crippen molar-refractivity contribution in [1.82, 2.24) is 0 Å². The van der Waals surface area contributed by atoms with E-state index in [-0.39, 0.29) is 18.1 Å². The van der Waals surface area contributed by atoms with Crippen molar-refractivity contribution in [2.75, 3.05) is 13.7 Å². The molecule has 0 N–H and O–H groups in total. The first kappa shape index (κ1) is 19.6. The first-order chi connectivity index (χ1) is 12.3. The van der Waals surface area contributed by atoms with Gasteiger partial charge in [0.1, 0.15) is 24.1 Å². The number of benzene rings is 1. The van der Waals surface area contributed by atoms with Crippen molar-refractivity contribution in [1.29, 1.82) is 0 Å². The summed E-state index contributed by atoms with van der Waals surface area (Å²) in [5.41, 5.74) is 1.00. The van der Waals surface area contributed by atoms with E-state index in [0.717, 1.165) is 11.3 Å². The van der Waals surface area contributed by atoms with Gasteiger partial charge in [-0.1, -0.05) is 19.1 Å². The fourth-order valence-corrected chi connectivity index (χ4v) is 3.67. The Bertz CT molecular complexity index is 631. The van der Waals surface area contributed by atoms with Crippen LogP contribution in [-0.4, -0.2) is 49.2 Å². The van der Waals surface area contributed by atoms with Gasteiger partial charge in [0.25, 0.3) is 5.24 Å². The minimum Gasteiger partial charge on any atom is -0.497 e. The number of fused-ring (bicyclic) bond motifs is 1. The molecule has 1 aromatic carbocycles. The van der Waals surface area contributed by atoms with Crippen molar-refractivity contribution in [2.24, 2.45) is 5.92 Å². The van der Waals surface area contributed by atoms with E-state index in [4.69, 9.17) is 35.3 Å². The van der Waals surface area contributed by atoms with Crippen LogP contribution in [0.3, 0.4) is 0 Å². The van der Waals surface area contributed by atoms with E-state index in [9.17, 15) is 4.79 Å². The molecule has 0 aromatic heterocycles. The minimum absolute atomic E-state index is 0.242. The summed E-state index contributed by atoms with van der Waals surface area (Å²) in [5.74, 6) is -0.187. The molecule has 0 bridgehead atoms. The zero-order valence-electron chi connectivity index (χ0n) is 15.4. The molecule has 0 unspecified atom stereocenters. The summed E-state index contributed by atoms with van der Waals surface area (Å²) in [5, 5.41) is -0.529. The molecule has 0 saturated carbocycles. The molecular weight excluding hydrogens is 360 g/mol. The third-order valence-corrected chi connectivity index (χ3v) is 5.06. The predicted molar refractivity (Wildman–Crippen MR) is 95.2 cm³/mol. The highest BCUT2D eigenvalue weighted by molar-refractivity contribution is 6.64. The normalized spacial score (nSPS) is 33.3. The van der Waals surface area contributed by atoms with Crippen LogP contribution >= 0.6 is 11.6 Å². The number of hydrogen-bond acceptors (Lipinski definition) is 6. The molecule has 0 radical (unpaired) electrons. The van der Waals surface area contributed by atoms with Crippen LogP contribution in [0.25, 0.3) is 0 Å². The maximum atomic E-state index is 11.8. The van der Waals surface area contributed by atoms with Crippen LogP contribution in [-0.2, 0) is 30.3 Å². The summed E-state index contributed by atoms with van der Waals surface area (Å²) in [6.45, 7) is 6.32. The Labute approximate surface area is 158 Å². The van der Waals surface area contributed by atoms with Gasteiger partial charge in [0, 0.05) is 5.92 Å². The first-order valence-electron chi connectivity index (χ1n) is 8.72. The molecule has 3 rings (SSSR count). The average molecular weight is 385 g/mol. The van der Waals surface area contributed by atoms with Crippen molar-refractivity contribution in [2.45, 2.75) is 57.6 Å². The predicted octanol–water partition coefficient (Wildman–Crippen LogP) is 2.90. The minimum atomic E-state index is -0.743. The van der Waals surface area contributed by atoms with Gasteiger partial charge in [-0.2, -0.15) is 0 Å². The number of rotatable bonds is 5. The van der Waals surface area contributed by atoms with Crippen molar-refractivity contribution >= 4 is 16.8 Å². The van der Waals surface area contributed by atoms with Gasteiger partial charge < -0.3 is 23.7 Å². The summed E-state index contributed by atoms with van der Waals surface area (Å²) in [4.78, 5) is 11.8. The summed E-state index contributed by atoms with van der Waals surface area (Å²) < 4.78 is 28.9. The molecule has 2 aliphatic heterocycles. The van der Waals surface area contributed by atoms with Crippen molar-refractivity contribution in [3.8, 4) is 5.75 Å². The van der Waals surface area contributed by atoms with Gasteiger partial charge in [-0.05, 0) is 43.1 Å². The summed E-state index contributed by atoms with van der Waals surface area (Å²) in [7, 11) is 1.63. The highest BCUT2D eigenvalue weighted by Gasteiger charge is 2.51. The Balaban J connectivity index is 1.76. The van der Waals surface area contributed by atoms with Gasteiger partial charge >= 0.3 is 0 Å². The quantitative estimate of drug-likeness (QED) is 0.727. The third kappa shape index (κ3) is 4.21. The van der Waals surface area contributed by atoms with E-state index in [1.807, 2.05) is 45.0 Å². The van der Waals surface area contributed by atoms with Crippen LogP contribution < -0.4 is 4.74 Å². The second-order valence-electron chi connectivity index (χ2n) is 7.18. The lowest BCUT2D eigenvalue weighted by Crippen LogP contribution is -2.63. The highest BCUT2D eigenvalue weighted by Crippen LogP contribution is 2.37. The Morgan fingerprint density at radius 2 is 2.00 bits per heavy atom. The Kier molecular flexibility index (Phi) is 5.89. The monoisotopic (exact) mass is 384 g/mol. The van der Waals surface area contributed by atoms with Crippen LogP contribution in [0.2, 0.25) is 0 Å². The molecule has 144 valence electrons. The van der Waals surface area contributed by atoms with Gasteiger partial charge in [-0.25, -0.2) is 0 Å². The van der Waals surface area contributed by atoms with Crippen molar-refractivity contribution in [3.63, 3.8) is 0 Å². The van der Waals surface area contributed by atoms with Crippen LogP contribution in [0.4, 0.5) is 0 Å². The lowest BCUT2D eigenvalue weighted by Gasteiger charge is -2.50. The Morgan fingerprint density at radius 1 is 1.31 bits per heavy atom. The molecule has 7 heteroatoms. The number of carbonyl (C=O) groups is 1. The first-order valence-corrected chi connectivity index (χ1v) is 9.09. The highest BCUT2D eigenvalue weighted by atomic mass is 35.5. The zero-order valence-corrected chi connectivity index (χ0v) is 16.2. The number of hydrogen-bond donors (Lipinski definition) is 0. The van der Waals surface area contributed by atoms with Crippen LogP contribution in [0.15, 0.2) is 24.3 Å². The van der Waals surface area contributed by atoms with Crippen LogP contribution in [0, 0.1) is 5.92 Å². The topological polar surface area (TPSA) is 63.2 Å². The van der Waals surface area contributed by atoms with E-state index in [1.165, 1.54) is 0 Å². The Morgan fingerprint density at radius 3 is 2.62 bits per heavy atom. The van der Waals surface area contributed by atoms with E-state index in [0.29, 0.717) is 13.2 Å². The molecule has 26 heavy (non-hydrogen) atoms. The smallest absolute Gasteiger partial charge is 0.250 e. The SMILES string of the molecule is COc1ccc(CO[C@@H]2[C@@H](C)[C@H](C(=O)Cl)O[C@@H]3COC(C)(C)O[C@@H]23)cc1. The van der Waals surface area contributed by atoms with Gasteiger partial charge in [0.15, 0.2) is 5.79 Å². The fourth-order valence-electron chi connectivity index (χ4n) is 3.42. The van der Waals surface area contributed by atoms with Gasteiger partial charge in [-0.3, -0.25) is 4.79 Å². The molecule has 2 heterocycles. The molecule has 5 atom stereocenters. The second kappa shape index (κ2) is 7.82. The van der Waals surface area contributed by atoms with Gasteiger partial charge in [0.2, 0.25) is 0 Å². The molecule has 0 spiro atoms. The van der Waals surface area contributed by atoms with Crippen LogP contribution in [0.1, 0.15) is 26.3 Å². The lowest BCUT2D eigenvalue weighted by molar-refractivity contribution is -0.353. The van der Waals surface area contributed by atoms with E-state index >= 15 is 0 Å². The van der Waals surface area contributed by atoms with E-state index in [2.05, 4.69) is 0 Å². The fraction of sp³-hybridized carbons (Fsp3) is 0.632. The second-order valence-corrected chi connectivity index (χ2v) is 7.55. The number of carbonyl (C=O) groups excluding carboxylic acids is 1. The summed E-state index contributed by atoms with van der Waals surface area (Å²) >= 11 is 5.74. The Hall–Kier alpha value is -1.18. The van der Waals surface area contributed by atoms with Gasteiger partial charge in [-0.15, -0.1) is 0 Å². The molecular formula is C19H25ClO6. The molecule has 1 aromatic rings. The molecule has 2 aliphatic rings. The maximum absolute atomic E-state index is 11.8. The lowest BCUT2D eigenvalue weighted by atomic mass is 9.87. The number of ether oxygens (including phenoxy) is 5. The summed E-state index contributed by atoms with van der Waals surface area (Å²) in [6.07, 6.45) is -1.81. The number of halogens is 1. The van der Waals surface area contributed by atoms with E-state index in [1.54, 1.807) is 7.11 Å². The zero-order chi connectivity index (χ0) is 18.9. The molecule has 2 saturated heterocycles. The van der Waals surface area contributed by atoms with Crippen LogP contribution in [0.5, 0.6) is 5.75 Å². The number of methoxy groups -OCH3 is 1. The maximum Gasteiger partial charge on any atom is 0.250 e. The molecule has 6 nitrogen and oxygen atoms in total. The van der Waals surface area contributed by atoms with E-state index < -0.39 is 23.2 Å². The van der Waals surface area contributed by atoms with Crippen molar-refractivity contribution < 1.29 is 28.5 Å². The molecule has 0 aliphatic carbocycles. The summed E-state index contributed by atoms with van der Waals surface area (Å²) in [6, 6.07) is 7.65. The molecule has 0 amide bonds. The molecule has 2 fully saturated rings. The largest absolute Gasteiger partial charge is 0.497 e. The van der Waals surface area contributed by atoms with Gasteiger partial charge in [0.05, 0.1) is 26.4 Å². The average Bonchev–Trinajstić information content (AvgIpc) is 2.60. The van der Waals surface area contributed by atoms with Crippen molar-refractivity contribution in [3.05, 3.63) is 29.8 Å². The third-order valence-electron chi connectivity index (χ3n) is 4.85.